The summed E-state index contributed by atoms with van der Waals surface area (Å²) in [4.78, 5) is 22.4. The van der Waals surface area contributed by atoms with Crippen LogP contribution in [-0.2, 0) is 16.0 Å². The van der Waals surface area contributed by atoms with Gasteiger partial charge in [-0.2, -0.15) is 0 Å². The van der Waals surface area contributed by atoms with Gasteiger partial charge in [-0.25, -0.2) is 4.39 Å². The molecule has 1 saturated heterocycles. The summed E-state index contributed by atoms with van der Waals surface area (Å²) in [5.74, 6) is -0.876. The van der Waals surface area contributed by atoms with Crippen LogP contribution in [0.3, 0.4) is 0 Å². The van der Waals surface area contributed by atoms with E-state index in [1.807, 2.05) is 0 Å². The van der Waals surface area contributed by atoms with Gasteiger partial charge in [-0.15, -0.1) is 0 Å². The van der Waals surface area contributed by atoms with Crippen molar-refractivity contribution in [1.29, 1.82) is 0 Å². The highest BCUT2D eigenvalue weighted by atomic mass is 19.1. The zero-order valence-corrected chi connectivity index (χ0v) is 9.33. The maximum Gasteiger partial charge on any atom is 0.230 e. The maximum atomic E-state index is 13.1. The van der Waals surface area contributed by atoms with Crippen molar-refractivity contribution in [3.63, 3.8) is 0 Å². The fourth-order valence-corrected chi connectivity index (χ4v) is 1.94. The van der Waals surface area contributed by atoms with E-state index in [2.05, 4.69) is 5.32 Å². The van der Waals surface area contributed by atoms with E-state index in [0.717, 1.165) is 0 Å². The molecule has 2 amide bonds. The Morgan fingerprint density at radius 2 is 2.24 bits per heavy atom. The number of amides is 2. The monoisotopic (exact) mass is 237 g/mol. The molecule has 1 aromatic rings. The predicted octanol–water partition coefficient (Wildman–Crippen LogP) is 1.04. The number of halogens is 1. The molecule has 1 atom stereocenters. The van der Waals surface area contributed by atoms with Crippen LogP contribution < -0.4 is 10.1 Å². The van der Waals surface area contributed by atoms with Gasteiger partial charge in [-0.05, 0) is 30.2 Å². The van der Waals surface area contributed by atoms with Crippen LogP contribution in [0.15, 0.2) is 18.2 Å². The highest BCUT2D eigenvalue weighted by molar-refractivity contribution is 6.03. The molecule has 1 aliphatic rings. The molecule has 1 aromatic carbocycles. The maximum absolute atomic E-state index is 13.1. The smallest absolute Gasteiger partial charge is 0.230 e. The normalized spacial score (nSPS) is 19.3. The minimum Gasteiger partial charge on any atom is -0.496 e. The van der Waals surface area contributed by atoms with Crippen molar-refractivity contribution in [3.8, 4) is 5.75 Å². The molecule has 0 radical (unpaired) electrons. The molecule has 0 spiro atoms. The lowest BCUT2D eigenvalue weighted by atomic mass is 9.97. The summed E-state index contributed by atoms with van der Waals surface area (Å²) in [6, 6.07) is 4.14. The van der Waals surface area contributed by atoms with Crippen LogP contribution >= 0.6 is 0 Å². The van der Waals surface area contributed by atoms with Crippen LogP contribution in [0, 0.1) is 11.7 Å². The number of methoxy groups -OCH3 is 1. The van der Waals surface area contributed by atoms with Gasteiger partial charge in [-0.1, -0.05) is 0 Å². The van der Waals surface area contributed by atoms with Crippen LogP contribution in [0.25, 0.3) is 0 Å². The number of hydrogen-bond acceptors (Lipinski definition) is 3. The summed E-state index contributed by atoms with van der Waals surface area (Å²) >= 11 is 0. The Morgan fingerprint density at radius 1 is 1.47 bits per heavy atom. The topological polar surface area (TPSA) is 55.4 Å². The quantitative estimate of drug-likeness (QED) is 0.799. The SMILES string of the molecule is COc1ccc(F)cc1CC1CC(=O)NC1=O. The van der Waals surface area contributed by atoms with Crippen molar-refractivity contribution in [2.45, 2.75) is 12.8 Å². The molecular weight excluding hydrogens is 225 g/mol. The minimum atomic E-state index is -0.432. The van der Waals surface area contributed by atoms with Crippen LogP contribution in [-0.4, -0.2) is 18.9 Å². The van der Waals surface area contributed by atoms with Crippen molar-refractivity contribution in [2.24, 2.45) is 5.92 Å². The van der Waals surface area contributed by atoms with E-state index < -0.39 is 5.92 Å². The molecule has 5 heteroatoms. The molecular formula is C12H12FNO3. The summed E-state index contributed by atoms with van der Waals surface area (Å²) in [5, 5.41) is 2.23. The summed E-state index contributed by atoms with van der Waals surface area (Å²) in [5.41, 5.74) is 0.599. The van der Waals surface area contributed by atoms with E-state index >= 15 is 0 Å². The van der Waals surface area contributed by atoms with Crippen molar-refractivity contribution < 1.29 is 18.7 Å². The number of carbonyl (C=O) groups is 2. The number of carbonyl (C=O) groups excluding carboxylic acids is 2. The summed E-state index contributed by atoms with van der Waals surface area (Å²) in [6.45, 7) is 0. The number of rotatable bonds is 3. The lowest BCUT2D eigenvalue weighted by molar-refractivity contribution is -0.125. The van der Waals surface area contributed by atoms with Crippen LogP contribution in [0.5, 0.6) is 5.75 Å². The zero-order chi connectivity index (χ0) is 12.4. The lowest BCUT2D eigenvalue weighted by Crippen LogP contribution is -2.23. The summed E-state index contributed by atoms with van der Waals surface area (Å²) in [6.07, 6.45) is 0.455. The largest absolute Gasteiger partial charge is 0.496 e. The van der Waals surface area contributed by atoms with Gasteiger partial charge in [0.15, 0.2) is 0 Å². The second-order valence-corrected chi connectivity index (χ2v) is 3.97. The molecule has 1 aliphatic heterocycles. The van der Waals surface area contributed by atoms with E-state index in [1.165, 1.54) is 25.3 Å². The fraction of sp³-hybridized carbons (Fsp3) is 0.333. The highest BCUT2D eigenvalue weighted by Gasteiger charge is 2.31. The van der Waals surface area contributed by atoms with Gasteiger partial charge in [-0.3, -0.25) is 14.9 Å². The Morgan fingerprint density at radius 3 is 2.82 bits per heavy atom. The Bertz CT molecular complexity index is 473. The molecule has 0 aliphatic carbocycles. The van der Waals surface area contributed by atoms with E-state index in [-0.39, 0.29) is 24.1 Å². The average Bonchev–Trinajstić information content (AvgIpc) is 2.58. The second kappa shape index (κ2) is 4.53. The Balaban J connectivity index is 2.20. The van der Waals surface area contributed by atoms with E-state index in [9.17, 15) is 14.0 Å². The molecule has 1 unspecified atom stereocenters. The lowest BCUT2D eigenvalue weighted by Gasteiger charge is -2.10. The van der Waals surface area contributed by atoms with Crippen LogP contribution in [0.2, 0.25) is 0 Å². The molecule has 0 bridgehead atoms. The van der Waals surface area contributed by atoms with Gasteiger partial charge in [0.1, 0.15) is 11.6 Å². The Labute approximate surface area is 97.8 Å². The van der Waals surface area contributed by atoms with E-state index in [4.69, 9.17) is 4.74 Å². The number of benzene rings is 1. The molecule has 0 aromatic heterocycles. The van der Waals surface area contributed by atoms with Gasteiger partial charge >= 0.3 is 0 Å². The number of hydrogen-bond donors (Lipinski definition) is 1. The van der Waals surface area contributed by atoms with Crippen LogP contribution in [0.4, 0.5) is 4.39 Å². The van der Waals surface area contributed by atoms with Gasteiger partial charge in [0.05, 0.1) is 13.0 Å². The summed E-state index contributed by atoms with van der Waals surface area (Å²) < 4.78 is 18.2. The molecule has 2 rings (SSSR count). The first-order chi connectivity index (χ1) is 8.10. The van der Waals surface area contributed by atoms with E-state index in [1.54, 1.807) is 0 Å². The van der Waals surface area contributed by atoms with Crippen molar-refractivity contribution in [1.82, 2.24) is 5.32 Å². The minimum absolute atomic E-state index is 0.151. The molecule has 0 saturated carbocycles. The van der Waals surface area contributed by atoms with Crippen LogP contribution in [0.1, 0.15) is 12.0 Å². The molecule has 1 N–H and O–H groups in total. The molecule has 90 valence electrons. The number of ether oxygens (including phenoxy) is 1. The van der Waals surface area contributed by atoms with E-state index in [0.29, 0.717) is 17.7 Å². The fourth-order valence-electron chi connectivity index (χ4n) is 1.94. The molecule has 4 nitrogen and oxygen atoms in total. The Kier molecular flexibility index (Phi) is 3.08. The number of imide groups is 1. The number of nitrogens with one attached hydrogen (secondary N) is 1. The standard InChI is InChI=1S/C12H12FNO3/c1-17-10-3-2-9(13)5-7(10)4-8-6-11(15)14-12(8)16/h2-3,5,8H,4,6H2,1H3,(H,14,15,16). The Hall–Kier alpha value is -1.91. The second-order valence-electron chi connectivity index (χ2n) is 3.97. The molecule has 1 heterocycles. The van der Waals surface area contributed by atoms with Crippen molar-refractivity contribution in [2.75, 3.05) is 7.11 Å². The van der Waals surface area contributed by atoms with Crippen molar-refractivity contribution in [3.05, 3.63) is 29.6 Å². The first-order valence-electron chi connectivity index (χ1n) is 5.26. The van der Waals surface area contributed by atoms with Crippen molar-refractivity contribution >= 4 is 11.8 Å². The average molecular weight is 237 g/mol. The van der Waals surface area contributed by atoms with Gasteiger partial charge in [0.25, 0.3) is 0 Å². The van der Waals surface area contributed by atoms with Gasteiger partial charge < -0.3 is 4.74 Å². The van der Waals surface area contributed by atoms with Gasteiger partial charge in [0, 0.05) is 6.42 Å². The van der Waals surface area contributed by atoms with Gasteiger partial charge in [0.2, 0.25) is 11.8 Å². The first-order valence-corrected chi connectivity index (χ1v) is 5.26. The molecule has 17 heavy (non-hydrogen) atoms. The molecule has 1 fully saturated rings. The zero-order valence-electron chi connectivity index (χ0n) is 9.33. The third-order valence-corrected chi connectivity index (χ3v) is 2.77. The predicted molar refractivity (Wildman–Crippen MR) is 57.9 cm³/mol. The third-order valence-electron chi connectivity index (χ3n) is 2.77. The summed E-state index contributed by atoms with van der Waals surface area (Å²) in [7, 11) is 1.48. The third kappa shape index (κ3) is 2.43. The highest BCUT2D eigenvalue weighted by Crippen LogP contribution is 2.25. The first kappa shape index (κ1) is 11.6.